The van der Waals surface area contributed by atoms with Crippen LogP contribution in [0.1, 0.15) is 24.0 Å². The van der Waals surface area contributed by atoms with Crippen LogP contribution in [0.3, 0.4) is 0 Å². The Bertz CT molecular complexity index is 354. The van der Waals surface area contributed by atoms with E-state index >= 15 is 0 Å². The normalized spacial score (nSPS) is 14.6. The highest BCUT2D eigenvalue weighted by Gasteiger charge is 2.09. The zero-order valence-electron chi connectivity index (χ0n) is 10.2. The topological polar surface area (TPSA) is 32.3 Å². The van der Waals surface area contributed by atoms with Crippen LogP contribution >= 0.6 is 11.8 Å². The molecular formula is C14H21NOS. The number of hydrogen-bond acceptors (Lipinski definition) is 3. The van der Waals surface area contributed by atoms with E-state index in [1.807, 2.05) is 11.8 Å². The molecule has 2 rings (SSSR count). The first-order valence-electron chi connectivity index (χ1n) is 6.46. The fourth-order valence-electron chi connectivity index (χ4n) is 2.13. The zero-order chi connectivity index (χ0) is 11.9. The molecule has 0 aliphatic carbocycles. The Morgan fingerprint density at radius 1 is 1.29 bits per heavy atom. The van der Waals surface area contributed by atoms with Crippen LogP contribution < -0.4 is 5.32 Å². The maximum atomic E-state index is 8.67. The molecule has 17 heavy (non-hydrogen) atoms. The van der Waals surface area contributed by atoms with Gasteiger partial charge in [0, 0.05) is 11.5 Å². The molecule has 2 nitrogen and oxygen atoms in total. The van der Waals surface area contributed by atoms with Crippen molar-refractivity contribution in [2.75, 3.05) is 25.4 Å². The van der Waals surface area contributed by atoms with Crippen molar-refractivity contribution >= 4 is 11.8 Å². The quantitative estimate of drug-likeness (QED) is 0.761. The van der Waals surface area contributed by atoms with Gasteiger partial charge in [-0.25, -0.2) is 0 Å². The van der Waals surface area contributed by atoms with Crippen LogP contribution in [-0.4, -0.2) is 30.6 Å². The van der Waals surface area contributed by atoms with E-state index in [0.717, 1.165) is 25.9 Å². The van der Waals surface area contributed by atoms with E-state index in [9.17, 15) is 0 Å². The molecule has 94 valence electrons. The average Bonchev–Trinajstić information content (AvgIpc) is 2.38. The van der Waals surface area contributed by atoms with E-state index in [2.05, 4.69) is 23.5 Å². The summed E-state index contributed by atoms with van der Waals surface area (Å²) >= 11 is 1.99. The standard InChI is InChI=1S/C14H21NOS/c16-9-2-7-15-8-6-12-4-5-14-13(11-12)3-1-10-17-14/h4-5,11,15-16H,1-3,6-10H2. The van der Waals surface area contributed by atoms with Gasteiger partial charge in [0.2, 0.25) is 0 Å². The predicted octanol–water partition coefficient (Wildman–Crippen LogP) is 2.24. The van der Waals surface area contributed by atoms with Crippen LogP contribution in [0.4, 0.5) is 0 Å². The Hall–Kier alpha value is -0.510. The summed E-state index contributed by atoms with van der Waals surface area (Å²) in [6.07, 6.45) is 4.49. The van der Waals surface area contributed by atoms with E-state index in [1.165, 1.54) is 34.6 Å². The van der Waals surface area contributed by atoms with Gasteiger partial charge in [-0.2, -0.15) is 0 Å². The fraction of sp³-hybridized carbons (Fsp3) is 0.571. The number of aliphatic hydroxyl groups is 1. The third-order valence-corrected chi connectivity index (χ3v) is 4.28. The van der Waals surface area contributed by atoms with Crippen LogP contribution in [-0.2, 0) is 12.8 Å². The summed E-state index contributed by atoms with van der Waals surface area (Å²) in [5, 5.41) is 12.0. The number of aryl methyl sites for hydroxylation is 1. The van der Waals surface area contributed by atoms with Gasteiger partial charge >= 0.3 is 0 Å². The molecule has 1 aliphatic heterocycles. The van der Waals surface area contributed by atoms with Crippen LogP contribution in [0.2, 0.25) is 0 Å². The number of fused-ring (bicyclic) bond motifs is 1. The van der Waals surface area contributed by atoms with Gasteiger partial charge < -0.3 is 10.4 Å². The maximum Gasteiger partial charge on any atom is 0.0443 e. The van der Waals surface area contributed by atoms with Crippen molar-refractivity contribution in [2.24, 2.45) is 0 Å². The summed E-state index contributed by atoms with van der Waals surface area (Å²) in [5.41, 5.74) is 2.97. The summed E-state index contributed by atoms with van der Waals surface area (Å²) < 4.78 is 0. The molecule has 1 aromatic carbocycles. The number of nitrogens with one attached hydrogen (secondary N) is 1. The smallest absolute Gasteiger partial charge is 0.0443 e. The summed E-state index contributed by atoms with van der Waals surface area (Å²) in [6, 6.07) is 6.91. The molecular weight excluding hydrogens is 230 g/mol. The molecule has 0 aromatic heterocycles. The van der Waals surface area contributed by atoms with Crippen LogP contribution in [0.5, 0.6) is 0 Å². The van der Waals surface area contributed by atoms with Gasteiger partial charge in [0.25, 0.3) is 0 Å². The van der Waals surface area contributed by atoms with Crippen molar-refractivity contribution in [1.29, 1.82) is 0 Å². The third-order valence-electron chi connectivity index (χ3n) is 3.08. The number of thioether (sulfide) groups is 1. The highest BCUT2D eigenvalue weighted by Crippen LogP contribution is 2.30. The van der Waals surface area contributed by atoms with Crippen molar-refractivity contribution in [3.8, 4) is 0 Å². The lowest BCUT2D eigenvalue weighted by Crippen LogP contribution is -2.19. The molecule has 0 spiro atoms. The van der Waals surface area contributed by atoms with Crippen LogP contribution in [0, 0.1) is 0 Å². The van der Waals surface area contributed by atoms with Crippen molar-refractivity contribution in [2.45, 2.75) is 30.6 Å². The Labute approximate surface area is 108 Å². The first-order chi connectivity index (χ1) is 8.40. The van der Waals surface area contributed by atoms with Gasteiger partial charge in [-0.3, -0.25) is 0 Å². The highest BCUT2D eigenvalue weighted by molar-refractivity contribution is 7.99. The summed E-state index contributed by atoms with van der Waals surface area (Å²) in [5.74, 6) is 1.27. The lowest BCUT2D eigenvalue weighted by molar-refractivity contribution is 0.286. The fourth-order valence-corrected chi connectivity index (χ4v) is 3.15. The van der Waals surface area contributed by atoms with Gasteiger partial charge in [0.05, 0.1) is 0 Å². The summed E-state index contributed by atoms with van der Waals surface area (Å²) in [7, 11) is 0. The SMILES string of the molecule is OCCCNCCc1ccc2c(c1)CCCS2. The second-order valence-electron chi connectivity index (χ2n) is 4.47. The predicted molar refractivity (Wildman–Crippen MR) is 73.8 cm³/mol. The lowest BCUT2D eigenvalue weighted by atomic mass is 10.0. The van der Waals surface area contributed by atoms with Crippen LogP contribution in [0.25, 0.3) is 0 Å². The molecule has 0 saturated heterocycles. The molecule has 2 N–H and O–H groups in total. The molecule has 0 unspecified atom stereocenters. The minimum absolute atomic E-state index is 0.281. The largest absolute Gasteiger partial charge is 0.396 e. The number of rotatable bonds is 6. The van der Waals surface area contributed by atoms with E-state index in [0.29, 0.717) is 0 Å². The van der Waals surface area contributed by atoms with Gasteiger partial charge in [-0.05, 0) is 61.7 Å². The first-order valence-corrected chi connectivity index (χ1v) is 7.45. The number of hydrogen-bond donors (Lipinski definition) is 2. The van der Waals surface area contributed by atoms with Gasteiger partial charge in [0.15, 0.2) is 0 Å². The molecule has 1 aliphatic rings. The number of aliphatic hydroxyl groups excluding tert-OH is 1. The monoisotopic (exact) mass is 251 g/mol. The van der Waals surface area contributed by atoms with Crippen molar-refractivity contribution in [1.82, 2.24) is 5.32 Å². The van der Waals surface area contributed by atoms with E-state index in [4.69, 9.17) is 5.11 Å². The van der Waals surface area contributed by atoms with Crippen molar-refractivity contribution in [3.05, 3.63) is 29.3 Å². The lowest BCUT2D eigenvalue weighted by Gasteiger charge is -2.16. The second-order valence-corrected chi connectivity index (χ2v) is 5.61. The summed E-state index contributed by atoms with van der Waals surface area (Å²) in [6.45, 7) is 2.20. The highest BCUT2D eigenvalue weighted by atomic mass is 32.2. The Balaban J connectivity index is 1.81. The van der Waals surface area contributed by atoms with E-state index in [1.54, 1.807) is 0 Å². The maximum absolute atomic E-state index is 8.67. The Kier molecular flexibility index (Phi) is 5.36. The molecule has 3 heteroatoms. The zero-order valence-corrected chi connectivity index (χ0v) is 11.1. The second kappa shape index (κ2) is 7.04. The molecule has 0 bridgehead atoms. The van der Waals surface area contributed by atoms with E-state index < -0.39 is 0 Å². The molecule has 1 aromatic rings. The van der Waals surface area contributed by atoms with Gasteiger partial charge in [-0.15, -0.1) is 11.8 Å². The van der Waals surface area contributed by atoms with E-state index in [-0.39, 0.29) is 6.61 Å². The van der Waals surface area contributed by atoms with Crippen molar-refractivity contribution in [3.63, 3.8) is 0 Å². The molecule has 0 saturated carbocycles. The minimum atomic E-state index is 0.281. The molecule has 0 atom stereocenters. The van der Waals surface area contributed by atoms with Gasteiger partial charge in [0.1, 0.15) is 0 Å². The first kappa shape index (κ1) is 12.9. The van der Waals surface area contributed by atoms with Crippen molar-refractivity contribution < 1.29 is 5.11 Å². The molecule has 0 amide bonds. The molecule has 0 fully saturated rings. The number of benzene rings is 1. The van der Waals surface area contributed by atoms with Crippen LogP contribution in [0.15, 0.2) is 23.1 Å². The molecule has 1 heterocycles. The Morgan fingerprint density at radius 2 is 2.24 bits per heavy atom. The van der Waals surface area contributed by atoms with Gasteiger partial charge in [-0.1, -0.05) is 12.1 Å². The summed E-state index contributed by atoms with van der Waals surface area (Å²) in [4.78, 5) is 1.48. The average molecular weight is 251 g/mol. The molecule has 0 radical (unpaired) electrons. The third kappa shape index (κ3) is 4.02. The minimum Gasteiger partial charge on any atom is -0.396 e. The Morgan fingerprint density at radius 3 is 3.12 bits per heavy atom.